The van der Waals surface area contributed by atoms with E-state index in [4.69, 9.17) is 9.47 Å². The first-order valence-corrected chi connectivity index (χ1v) is 7.81. The monoisotopic (exact) mass is 326 g/mol. The molecule has 5 unspecified atom stereocenters. The summed E-state index contributed by atoms with van der Waals surface area (Å²) in [5.41, 5.74) is 2.48. The van der Waals surface area contributed by atoms with Crippen LogP contribution in [0.1, 0.15) is 36.7 Å². The van der Waals surface area contributed by atoms with Gasteiger partial charge in [-0.15, -0.1) is 0 Å². The number of benzene rings is 1. The summed E-state index contributed by atoms with van der Waals surface area (Å²) in [6, 6.07) is 6.40. The molecule has 0 aliphatic carbocycles. The Morgan fingerprint density at radius 1 is 1.21 bits per heavy atom. The quantitative estimate of drug-likeness (QED) is 0.761. The molecule has 19 heavy (non-hydrogen) atoms. The number of aryl methyl sites for hydroxylation is 1. The van der Waals surface area contributed by atoms with Crippen LogP contribution in [0.5, 0.6) is 5.75 Å². The summed E-state index contributed by atoms with van der Waals surface area (Å²) in [6.45, 7) is 8.71. The highest BCUT2D eigenvalue weighted by Gasteiger charge is 2.41. The minimum absolute atomic E-state index is 0.289. The van der Waals surface area contributed by atoms with Crippen molar-refractivity contribution in [1.29, 1.82) is 0 Å². The fourth-order valence-electron chi connectivity index (χ4n) is 3.09. The van der Waals surface area contributed by atoms with Gasteiger partial charge in [-0.05, 0) is 43.9 Å². The molecule has 1 aliphatic heterocycles. The van der Waals surface area contributed by atoms with Crippen LogP contribution in [0, 0.1) is 18.8 Å². The van der Waals surface area contributed by atoms with Gasteiger partial charge in [-0.3, -0.25) is 0 Å². The van der Waals surface area contributed by atoms with Crippen LogP contribution in [0.25, 0.3) is 0 Å². The van der Waals surface area contributed by atoms with E-state index in [1.807, 2.05) is 6.07 Å². The summed E-state index contributed by atoms with van der Waals surface area (Å²) in [5, 5.41) is 0. The van der Waals surface area contributed by atoms with Crippen molar-refractivity contribution in [3.63, 3.8) is 0 Å². The van der Waals surface area contributed by atoms with E-state index in [-0.39, 0.29) is 6.10 Å². The van der Waals surface area contributed by atoms with E-state index in [1.165, 1.54) is 11.1 Å². The van der Waals surface area contributed by atoms with E-state index in [0.29, 0.717) is 22.8 Å². The van der Waals surface area contributed by atoms with Crippen molar-refractivity contribution in [2.75, 3.05) is 7.11 Å². The number of rotatable bonds is 3. The predicted molar refractivity (Wildman–Crippen MR) is 82.1 cm³/mol. The smallest absolute Gasteiger partial charge is 0.121 e. The Morgan fingerprint density at radius 3 is 2.37 bits per heavy atom. The number of alkyl halides is 1. The van der Waals surface area contributed by atoms with Crippen LogP contribution in [0.3, 0.4) is 0 Å². The maximum Gasteiger partial charge on any atom is 0.121 e. The van der Waals surface area contributed by atoms with Gasteiger partial charge in [0.25, 0.3) is 0 Å². The highest BCUT2D eigenvalue weighted by atomic mass is 79.9. The second-order valence-corrected chi connectivity index (χ2v) is 6.60. The zero-order chi connectivity index (χ0) is 14.2. The number of methoxy groups -OCH3 is 1. The van der Waals surface area contributed by atoms with Crippen molar-refractivity contribution in [3.05, 3.63) is 29.3 Å². The zero-order valence-corrected chi connectivity index (χ0v) is 13.9. The molecule has 1 saturated heterocycles. The second-order valence-electron chi connectivity index (χ2n) is 5.61. The second kappa shape index (κ2) is 5.84. The van der Waals surface area contributed by atoms with Crippen LogP contribution >= 0.6 is 15.9 Å². The molecule has 2 rings (SSSR count). The Morgan fingerprint density at radius 2 is 1.89 bits per heavy atom. The summed E-state index contributed by atoms with van der Waals surface area (Å²) in [4.78, 5) is 0.326. The van der Waals surface area contributed by atoms with Gasteiger partial charge >= 0.3 is 0 Å². The van der Waals surface area contributed by atoms with Crippen molar-refractivity contribution in [2.45, 2.75) is 44.7 Å². The average Bonchev–Trinajstić information content (AvgIpc) is 2.62. The van der Waals surface area contributed by atoms with Crippen LogP contribution in [-0.2, 0) is 4.74 Å². The SMILES string of the molecule is COc1ccc(C(Br)C2C(C)OC(C)C2C)cc1C. The molecule has 0 saturated carbocycles. The van der Waals surface area contributed by atoms with Gasteiger partial charge in [-0.2, -0.15) is 0 Å². The third-order valence-electron chi connectivity index (χ3n) is 4.39. The van der Waals surface area contributed by atoms with Crippen LogP contribution < -0.4 is 4.74 Å². The molecule has 1 aliphatic rings. The first-order chi connectivity index (χ1) is 8.95. The van der Waals surface area contributed by atoms with Crippen molar-refractivity contribution in [2.24, 2.45) is 11.8 Å². The van der Waals surface area contributed by atoms with Gasteiger partial charge in [-0.1, -0.05) is 35.0 Å². The Balaban J connectivity index is 2.24. The largest absolute Gasteiger partial charge is 0.496 e. The Hall–Kier alpha value is -0.540. The molecule has 0 bridgehead atoms. The highest BCUT2D eigenvalue weighted by molar-refractivity contribution is 9.09. The minimum atomic E-state index is 0.289. The molecule has 0 N–H and O–H groups in total. The summed E-state index contributed by atoms with van der Waals surface area (Å²) in [7, 11) is 1.71. The van der Waals surface area contributed by atoms with Crippen LogP contribution in [0.4, 0.5) is 0 Å². The summed E-state index contributed by atoms with van der Waals surface area (Å²) < 4.78 is 11.3. The molecule has 0 aromatic heterocycles. The molecular formula is C16H23BrO2. The number of hydrogen-bond acceptors (Lipinski definition) is 2. The van der Waals surface area contributed by atoms with Crippen LogP contribution in [-0.4, -0.2) is 19.3 Å². The third-order valence-corrected chi connectivity index (χ3v) is 5.53. The lowest BCUT2D eigenvalue weighted by Crippen LogP contribution is -2.21. The van der Waals surface area contributed by atoms with Gasteiger partial charge in [0.2, 0.25) is 0 Å². The molecule has 5 atom stereocenters. The fraction of sp³-hybridized carbons (Fsp3) is 0.625. The van der Waals surface area contributed by atoms with Crippen molar-refractivity contribution in [1.82, 2.24) is 0 Å². The highest BCUT2D eigenvalue weighted by Crippen LogP contribution is 2.45. The zero-order valence-electron chi connectivity index (χ0n) is 12.3. The third kappa shape index (κ3) is 2.82. The van der Waals surface area contributed by atoms with Gasteiger partial charge in [0.15, 0.2) is 0 Å². The number of hydrogen-bond donors (Lipinski definition) is 0. The first-order valence-electron chi connectivity index (χ1n) is 6.89. The molecule has 0 amide bonds. The molecule has 1 aromatic rings. The molecule has 0 radical (unpaired) electrons. The van der Waals surface area contributed by atoms with E-state index < -0.39 is 0 Å². The molecule has 1 aromatic carbocycles. The maximum absolute atomic E-state index is 5.95. The lowest BCUT2D eigenvalue weighted by Gasteiger charge is -2.25. The van der Waals surface area contributed by atoms with Gasteiger partial charge in [0.05, 0.1) is 19.3 Å². The summed E-state index contributed by atoms with van der Waals surface area (Å²) >= 11 is 3.88. The van der Waals surface area contributed by atoms with E-state index in [0.717, 1.165) is 5.75 Å². The van der Waals surface area contributed by atoms with Crippen molar-refractivity contribution in [3.8, 4) is 5.75 Å². The van der Waals surface area contributed by atoms with Crippen LogP contribution in [0.2, 0.25) is 0 Å². The fourth-order valence-corrected chi connectivity index (χ4v) is 4.29. The normalized spacial score (nSPS) is 32.3. The minimum Gasteiger partial charge on any atom is -0.496 e. The molecule has 1 heterocycles. The topological polar surface area (TPSA) is 18.5 Å². The number of halogens is 1. The van der Waals surface area contributed by atoms with Gasteiger partial charge in [-0.25, -0.2) is 0 Å². The molecular weight excluding hydrogens is 304 g/mol. The van der Waals surface area contributed by atoms with E-state index in [1.54, 1.807) is 7.11 Å². The van der Waals surface area contributed by atoms with E-state index >= 15 is 0 Å². The van der Waals surface area contributed by atoms with Crippen LogP contribution in [0.15, 0.2) is 18.2 Å². The van der Waals surface area contributed by atoms with E-state index in [2.05, 4.69) is 55.8 Å². The lowest BCUT2D eigenvalue weighted by molar-refractivity contribution is 0.0511. The Labute approximate surface area is 124 Å². The Bertz CT molecular complexity index is 446. The lowest BCUT2D eigenvalue weighted by atomic mass is 9.84. The molecule has 106 valence electrons. The maximum atomic E-state index is 5.95. The molecule has 1 fully saturated rings. The predicted octanol–water partition coefficient (Wildman–Crippen LogP) is 4.50. The van der Waals surface area contributed by atoms with Crippen molar-refractivity contribution >= 4 is 15.9 Å². The van der Waals surface area contributed by atoms with Gasteiger partial charge < -0.3 is 9.47 Å². The average molecular weight is 327 g/mol. The molecule has 3 heteroatoms. The first kappa shape index (κ1) is 14.9. The Kier molecular flexibility index (Phi) is 4.57. The summed E-state index contributed by atoms with van der Waals surface area (Å²) in [6.07, 6.45) is 0.621. The molecule has 0 spiro atoms. The standard InChI is InChI=1S/C16H23BrO2/c1-9-8-13(6-7-14(9)18-5)16(17)15-10(2)11(3)19-12(15)4/h6-8,10-12,15-16H,1-5H3. The van der Waals surface area contributed by atoms with Crippen molar-refractivity contribution < 1.29 is 9.47 Å². The number of ether oxygens (including phenoxy) is 2. The van der Waals surface area contributed by atoms with E-state index in [9.17, 15) is 0 Å². The molecule has 2 nitrogen and oxygen atoms in total. The van der Waals surface area contributed by atoms with Gasteiger partial charge in [0.1, 0.15) is 5.75 Å². The summed E-state index contributed by atoms with van der Waals surface area (Å²) in [5.74, 6) is 2.00. The van der Waals surface area contributed by atoms with Gasteiger partial charge in [0, 0.05) is 10.7 Å².